The zero-order valence-corrected chi connectivity index (χ0v) is 19.9. The van der Waals surface area contributed by atoms with Crippen LogP contribution in [0.5, 0.6) is 0 Å². The summed E-state index contributed by atoms with van der Waals surface area (Å²) in [5.74, 6) is 4.97. The predicted octanol–water partition coefficient (Wildman–Crippen LogP) is 4.42. The molecule has 5 nitrogen and oxygen atoms in total. The summed E-state index contributed by atoms with van der Waals surface area (Å²) in [6.07, 6.45) is 14.2. The fourth-order valence-corrected chi connectivity index (χ4v) is 9.09. The molecule has 0 saturated heterocycles. The summed E-state index contributed by atoms with van der Waals surface area (Å²) in [6, 6.07) is 6.36. The van der Waals surface area contributed by atoms with Gasteiger partial charge in [-0.05, 0) is 105 Å². The summed E-state index contributed by atoms with van der Waals surface area (Å²) < 4.78 is 1.72. The second-order valence-electron chi connectivity index (χ2n) is 11.1. The van der Waals surface area contributed by atoms with Gasteiger partial charge in [0.1, 0.15) is 4.83 Å². The van der Waals surface area contributed by atoms with Gasteiger partial charge in [-0.2, -0.15) is 0 Å². The molecular weight excluding hydrogens is 428 g/mol. The van der Waals surface area contributed by atoms with Gasteiger partial charge in [0.05, 0.1) is 24.0 Å². The van der Waals surface area contributed by atoms with Crippen molar-refractivity contribution in [2.24, 2.45) is 29.6 Å². The van der Waals surface area contributed by atoms with Gasteiger partial charge in [-0.1, -0.05) is 6.07 Å². The third kappa shape index (κ3) is 3.57. The van der Waals surface area contributed by atoms with Crippen LogP contribution in [0, 0.1) is 29.6 Å². The molecule has 172 valence electrons. The van der Waals surface area contributed by atoms with Crippen molar-refractivity contribution in [1.29, 1.82) is 0 Å². The smallest absolute Gasteiger partial charge is 0.262 e. The van der Waals surface area contributed by atoms with Crippen LogP contribution in [0.2, 0.25) is 0 Å². The van der Waals surface area contributed by atoms with Crippen LogP contribution in [0.25, 0.3) is 10.2 Å². The largest absolute Gasteiger partial charge is 0.313 e. The lowest BCUT2D eigenvalue weighted by Crippen LogP contribution is -2.50. The van der Waals surface area contributed by atoms with Crippen molar-refractivity contribution < 1.29 is 0 Å². The van der Waals surface area contributed by atoms with Gasteiger partial charge < -0.3 is 5.32 Å². The molecule has 1 unspecified atom stereocenters. The van der Waals surface area contributed by atoms with Gasteiger partial charge in [-0.25, -0.2) is 4.98 Å². The number of rotatable bonds is 5. The summed E-state index contributed by atoms with van der Waals surface area (Å²) in [4.78, 5) is 24.6. The number of aromatic nitrogens is 3. The van der Waals surface area contributed by atoms with Gasteiger partial charge in [-0.3, -0.25) is 14.3 Å². The Balaban J connectivity index is 1.07. The minimum absolute atomic E-state index is 0.0863. The average molecular weight is 461 g/mol. The highest BCUT2D eigenvalue weighted by molar-refractivity contribution is 7.18. The summed E-state index contributed by atoms with van der Waals surface area (Å²) in [5, 5.41) is 4.84. The number of pyridine rings is 1. The Labute approximate surface area is 198 Å². The molecule has 5 aliphatic rings. The Morgan fingerprint density at radius 3 is 2.64 bits per heavy atom. The van der Waals surface area contributed by atoms with Crippen LogP contribution in [-0.4, -0.2) is 27.1 Å². The van der Waals surface area contributed by atoms with E-state index in [1.807, 2.05) is 18.2 Å². The Kier molecular flexibility index (Phi) is 4.94. The number of hydrogen-bond donors (Lipinski definition) is 1. The molecule has 3 aromatic heterocycles. The average Bonchev–Trinajstić information content (AvgIpc) is 3.19. The minimum atomic E-state index is 0.0863. The summed E-state index contributed by atoms with van der Waals surface area (Å²) >= 11 is 1.74. The molecular formula is C27H32N4OS. The SMILES string of the molecule is O=c1c2c3c(sc2ncn1Cc1ccccn1)CC(NCC1C2CC4CC(C2)CC1C4)CC3. The molecule has 3 heterocycles. The van der Waals surface area contributed by atoms with E-state index in [0.717, 1.165) is 64.8 Å². The maximum Gasteiger partial charge on any atom is 0.262 e. The summed E-state index contributed by atoms with van der Waals surface area (Å²) in [5.41, 5.74) is 2.23. The molecule has 0 amide bonds. The molecule has 5 aliphatic carbocycles. The van der Waals surface area contributed by atoms with Crippen molar-refractivity contribution in [3.05, 3.63) is 57.2 Å². The molecule has 4 bridgehead atoms. The molecule has 0 radical (unpaired) electrons. The van der Waals surface area contributed by atoms with E-state index < -0.39 is 0 Å². The van der Waals surface area contributed by atoms with Gasteiger partial charge >= 0.3 is 0 Å². The van der Waals surface area contributed by atoms with Gasteiger partial charge in [0.15, 0.2) is 0 Å². The van der Waals surface area contributed by atoms with Crippen molar-refractivity contribution in [2.75, 3.05) is 6.54 Å². The van der Waals surface area contributed by atoms with Crippen LogP contribution < -0.4 is 10.9 Å². The molecule has 3 aromatic rings. The quantitative estimate of drug-likeness (QED) is 0.612. The highest BCUT2D eigenvalue weighted by Crippen LogP contribution is 2.56. The van der Waals surface area contributed by atoms with Crippen molar-refractivity contribution in [2.45, 2.75) is 64.0 Å². The third-order valence-electron chi connectivity index (χ3n) is 9.16. The Morgan fingerprint density at radius 1 is 1.06 bits per heavy atom. The first-order chi connectivity index (χ1) is 16.2. The lowest BCUT2D eigenvalue weighted by atomic mass is 9.52. The maximum atomic E-state index is 13.3. The molecule has 0 aliphatic heterocycles. The second-order valence-corrected chi connectivity index (χ2v) is 12.2. The molecule has 0 aromatic carbocycles. The zero-order valence-electron chi connectivity index (χ0n) is 19.1. The van der Waals surface area contributed by atoms with E-state index in [1.165, 1.54) is 49.1 Å². The third-order valence-corrected chi connectivity index (χ3v) is 10.3. The van der Waals surface area contributed by atoms with Gasteiger partial charge in [-0.15, -0.1) is 11.3 Å². The van der Waals surface area contributed by atoms with Crippen molar-refractivity contribution in [1.82, 2.24) is 19.9 Å². The number of thiophene rings is 1. The van der Waals surface area contributed by atoms with Crippen LogP contribution >= 0.6 is 11.3 Å². The lowest BCUT2D eigenvalue weighted by Gasteiger charge is -2.54. The van der Waals surface area contributed by atoms with Crippen LogP contribution in [0.4, 0.5) is 0 Å². The first-order valence-corrected chi connectivity index (χ1v) is 13.7. The first-order valence-electron chi connectivity index (χ1n) is 12.8. The fraction of sp³-hybridized carbons (Fsp3) is 0.593. The molecule has 4 saturated carbocycles. The van der Waals surface area contributed by atoms with Crippen LogP contribution in [-0.2, 0) is 19.4 Å². The monoisotopic (exact) mass is 460 g/mol. The highest BCUT2D eigenvalue weighted by Gasteiger charge is 2.47. The maximum absolute atomic E-state index is 13.3. The standard InChI is InChI=1S/C27H32N4OS/c32-27-25-22-5-4-20(29-13-23-18-8-16-7-17(10-18)11-19(23)9-16)12-24(22)33-26(25)30-15-31(27)14-21-3-1-2-6-28-21/h1-3,6,15-20,23,29H,4-5,7-14H2. The Hall–Kier alpha value is -2.05. The minimum Gasteiger partial charge on any atom is -0.313 e. The van der Waals surface area contributed by atoms with E-state index in [1.54, 1.807) is 28.4 Å². The molecule has 1 N–H and O–H groups in total. The molecule has 6 heteroatoms. The van der Waals surface area contributed by atoms with Crippen LogP contribution in [0.3, 0.4) is 0 Å². The lowest BCUT2D eigenvalue weighted by molar-refractivity contribution is -0.0364. The molecule has 8 rings (SSSR count). The van der Waals surface area contributed by atoms with Crippen molar-refractivity contribution >= 4 is 21.6 Å². The van der Waals surface area contributed by atoms with Gasteiger partial charge in [0.25, 0.3) is 5.56 Å². The second kappa shape index (κ2) is 8.02. The number of hydrogen-bond acceptors (Lipinski definition) is 5. The van der Waals surface area contributed by atoms with E-state index in [-0.39, 0.29) is 5.56 Å². The van der Waals surface area contributed by atoms with E-state index in [0.29, 0.717) is 12.6 Å². The summed E-state index contributed by atoms with van der Waals surface area (Å²) in [6.45, 7) is 1.68. The number of aryl methyl sites for hydroxylation is 1. The fourth-order valence-electron chi connectivity index (χ4n) is 7.83. The van der Waals surface area contributed by atoms with E-state index in [2.05, 4.69) is 15.3 Å². The zero-order chi connectivity index (χ0) is 21.9. The normalized spacial score (nSPS) is 32.4. The molecule has 1 atom stereocenters. The Bertz CT molecular complexity index is 1200. The first kappa shape index (κ1) is 20.3. The molecule has 33 heavy (non-hydrogen) atoms. The van der Waals surface area contributed by atoms with E-state index in [9.17, 15) is 4.79 Å². The van der Waals surface area contributed by atoms with Crippen molar-refractivity contribution in [3.63, 3.8) is 0 Å². The highest BCUT2D eigenvalue weighted by atomic mass is 32.1. The Morgan fingerprint density at radius 2 is 1.88 bits per heavy atom. The number of nitrogens with zero attached hydrogens (tertiary/aromatic N) is 3. The van der Waals surface area contributed by atoms with Crippen LogP contribution in [0.1, 0.15) is 54.7 Å². The molecule has 4 fully saturated rings. The molecule has 0 spiro atoms. The van der Waals surface area contributed by atoms with Gasteiger partial charge in [0, 0.05) is 17.1 Å². The van der Waals surface area contributed by atoms with Crippen LogP contribution in [0.15, 0.2) is 35.5 Å². The van der Waals surface area contributed by atoms with Gasteiger partial charge in [0.2, 0.25) is 0 Å². The van der Waals surface area contributed by atoms with E-state index >= 15 is 0 Å². The number of fused-ring (bicyclic) bond motifs is 3. The topological polar surface area (TPSA) is 59.8 Å². The van der Waals surface area contributed by atoms with Crippen molar-refractivity contribution in [3.8, 4) is 0 Å². The summed E-state index contributed by atoms with van der Waals surface area (Å²) in [7, 11) is 0. The number of nitrogens with one attached hydrogen (secondary N) is 1. The van der Waals surface area contributed by atoms with E-state index in [4.69, 9.17) is 0 Å². The predicted molar refractivity (Wildman–Crippen MR) is 132 cm³/mol.